The van der Waals surface area contributed by atoms with Crippen LogP contribution in [-0.2, 0) is 12.7 Å². The van der Waals surface area contributed by atoms with Crippen LogP contribution in [-0.4, -0.2) is 24.4 Å². The molecule has 1 unspecified atom stereocenters. The number of nitrogens with one attached hydrogen (secondary N) is 1. The van der Waals surface area contributed by atoms with Gasteiger partial charge in [-0.2, -0.15) is 13.2 Å². The van der Waals surface area contributed by atoms with E-state index < -0.39 is 17.8 Å². The highest BCUT2D eigenvalue weighted by Gasteiger charge is 2.30. The fourth-order valence-corrected chi connectivity index (χ4v) is 1.99. The van der Waals surface area contributed by atoms with E-state index in [9.17, 15) is 18.3 Å². The third kappa shape index (κ3) is 6.78. The molecule has 7 heteroatoms. The molecule has 3 nitrogen and oxygen atoms in total. The molecule has 2 aromatic carbocycles. The molecule has 2 rings (SSSR count). The summed E-state index contributed by atoms with van der Waals surface area (Å²) in [6, 6.07) is 14.3. The van der Waals surface area contributed by atoms with Crippen LogP contribution in [0.5, 0.6) is 5.75 Å². The van der Waals surface area contributed by atoms with Crippen LogP contribution in [0.4, 0.5) is 13.2 Å². The maximum absolute atomic E-state index is 12.6. The lowest BCUT2D eigenvalue weighted by atomic mass is 10.2. The number of rotatable bonds is 7. The fraction of sp³-hybridized carbons (Fsp3) is 0.294. The largest absolute Gasteiger partial charge is 0.491 e. The number of halogens is 4. The Kier molecular flexibility index (Phi) is 8.04. The Morgan fingerprint density at radius 2 is 1.75 bits per heavy atom. The maximum Gasteiger partial charge on any atom is 0.416 e. The molecule has 24 heavy (non-hydrogen) atoms. The van der Waals surface area contributed by atoms with E-state index in [0.29, 0.717) is 6.54 Å². The smallest absolute Gasteiger partial charge is 0.416 e. The second-order valence-electron chi connectivity index (χ2n) is 5.11. The summed E-state index contributed by atoms with van der Waals surface area (Å²) < 4.78 is 43.0. The Morgan fingerprint density at radius 1 is 1.04 bits per heavy atom. The SMILES string of the molecule is Cl.OC(CNCc1ccccc1)COc1cccc(C(F)(F)F)c1. The third-order valence-corrected chi connectivity index (χ3v) is 3.16. The monoisotopic (exact) mass is 361 g/mol. The van der Waals surface area contributed by atoms with Gasteiger partial charge in [0.05, 0.1) is 5.56 Å². The topological polar surface area (TPSA) is 41.5 Å². The molecule has 0 aliphatic carbocycles. The van der Waals surface area contributed by atoms with Crippen molar-refractivity contribution in [2.75, 3.05) is 13.2 Å². The number of ether oxygens (including phenoxy) is 1. The molecule has 0 saturated carbocycles. The Bertz CT molecular complexity index is 608. The zero-order chi connectivity index (χ0) is 16.7. The normalized spacial score (nSPS) is 12.3. The molecule has 2 N–H and O–H groups in total. The van der Waals surface area contributed by atoms with Crippen LogP contribution in [0.1, 0.15) is 11.1 Å². The molecule has 0 aliphatic rings. The summed E-state index contributed by atoms with van der Waals surface area (Å²) in [6.07, 6.45) is -5.22. The van der Waals surface area contributed by atoms with Gasteiger partial charge in [-0.25, -0.2) is 0 Å². The van der Waals surface area contributed by atoms with Gasteiger partial charge in [-0.15, -0.1) is 12.4 Å². The van der Waals surface area contributed by atoms with Gasteiger partial charge in [0.2, 0.25) is 0 Å². The van der Waals surface area contributed by atoms with E-state index in [-0.39, 0.29) is 31.3 Å². The average molecular weight is 362 g/mol. The van der Waals surface area contributed by atoms with Gasteiger partial charge in [-0.05, 0) is 23.8 Å². The predicted molar refractivity (Wildman–Crippen MR) is 88.3 cm³/mol. The summed E-state index contributed by atoms with van der Waals surface area (Å²) in [5.41, 5.74) is 0.310. The van der Waals surface area contributed by atoms with E-state index in [0.717, 1.165) is 17.7 Å². The molecule has 0 aliphatic heterocycles. The van der Waals surface area contributed by atoms with Crippen molar-refractivity contribution in [2.45, 2.75) is 18.8 Å². The van der Waals surface area contributed by atoms with E-state index in [2.05, 4.69) is 5.32 Å². The van der Waals surface area contributed by atoms with E-state index >= 15 is 0 Å². The standard InChI is InChI=1S/C17H18F3NO2.ClH/c18-17(19,20)14-7-4-8-16(9-14)23-12-15(22)11-21-10-13-5-2-1-3-6-13;/h1-9,15,21-22H,10-12H2;1H. The summed E-state index contributed by atoms with van der Waals surface area (Å²) >= 11 is 0. The minimum Gasteiger partial charge on any atom is -0.491 e. The molecular formula is C17H19ClF3NO2. The van der Waals surface area contributed by atoms with Crippen molar-refractivity contribution in [3.8, 4) is 5.75 Å². The van der Waals surface area contributed by atoms with Crippen LogP contribution in [0.2, 0.25) is 0 Å². The summed E-state index contributed by atoms with van der Waals surface area (Å²) in [4.78, 5) is 0. The third-order valence-electron chi connectivity index (χ3n) is 3.16. The fourth-order valence-electron chi connectivity index (χ4n) is 1.99. The van der Waals surface area contributed by atoms with Crippen molar-refractivity contribution in [1.82, 2.24) is 5.32 Å². The molecule has 1 atom stereocenters. The average Bonchev–Trinajstić information content (AvgIpc) is 2.53. The summed E-state index contributed by atoms with van der Waals surface area (Å²) in [5, 5.41) is 12.9. The molecule has 0 fully saturated rings. The molecule has 132 valence electrons. The van der Waals surface area contributed by atoms with E-state index in [1.54, 1.807) is 0 Å². The quantitative estimate of drug-likeness (QED) is 0.791. The number of aliphatic hydroxyl groups excluding tert-OH is 1. The number of benzene rings is 2. The van der Waals surface area contributed by atoms with E-state index in [4.69, 9.17) is 4.74 Å². The summed E-state index contributed by atoms with van der Waals surface area (Å²) in [6.45, 7) is 0.804. The summed E-state index contributed by atoms with van der Waals surface area (Å²) in [7, 11) is 0. The minimum atomic E-state index is -4.41. The maximum atomic E-state index is 12.6. The van der Waals surface area contributed by atoms with Crippen LogP contribution < -0.4 is 10.1 Å². The zero-order valence-corrected chi connectivity index (χ0v) is 13.6. The number of aliphatic hydroxyl groups is 1. The molecular weight excluding hydrogens is 343 g/mol. The highest BCUT2D eigenvalue weighted by Crippen LogP contribution is 2.31. The first-order chi connectivity index (χ1) is 10.9. The molecule has 0 radical (unpaired) electrons. The number of hydrogen-bond acceptors (Lipinski definition) is 3. The number of alkyl halides is 3. The van der Waals surface area contributed by atoms with Gasteiger partial charge >= 0.3 is 6.18 Å². The number of hydrogen-bond donors (Lipinski definition) is 2. The first-order valence-corrected chi connectivity index (χ1v) is 7.18. The Morgan fingerprint density at radius 3 is 2.42 bits per heavy atom. The molecule has 0 saturated heterocycles. The molecule has 0 spiro atoms. The lowest BCUT2D eigenvalue weighted by molar-refractivity contribution is -0.137. The lowest BCUT2D eigenvalue weighted by Gasteiger charge is -2.14. The Labute approximate surface area is 144 Å². The van der Waals surface area contributed by atoms with Gasteiger partial charge in [-0.3, -0.25) is 0 Å². The molecule has 2 aromatic rings. The van der Waals surface area contributed by atoms with Crippen LogP contribution in [0.3, 0.4) is 0 Å². The van der Waals surface area contributed by atoms with Crippen LogP contribution in [0, 0.1) is 0 Å². The van der Waals surface area contributed by atoms with E-state index in [1.165, 1.54) is 12.1 Å². The Balaban J connectivity index is 0.00000288. The second kappa shape index (κ2) is 9.52. The van der Waals surface area contributed by atoms with Crippen molar-refractivity contribution in [1.29, 1.82) is 0 Å². The van der Waals surface area contributed by atoms with E-state index in [1.807, 2.05) is 30.3 Å². The first-order valence-electron chi connectivity index (χ1n) is 7.18. The summed E-state index contributed by atoms with van der Waals surface area (Å²) in [5.74, 6) is 0.0851. The van der Waals surface area contributed by atoms with Gasteiger partial charge in [0.25, 0.3) is 0 Å². The van der Waals surface area contributed by atoms with Crippen LogP contribution in [0.25, 0.3) is 0 Å². The van der Waals surface area contributed by atoms with Crippen molar-refractivity contribution in [3.63, 3.8) is 0 Å². The molecule has 0 heterocycles. The lowest BCUT2D eigenvalue weighted by Crippen LogP contribution is -2.31. The van der Waals surface area contributed by atoms with Gasteiger partial charge < -0.3 is 15.2 Å². The minimum absolute atomic E-state index is 0. The van der Waals surface area contributed by atoms with Crippen molar-refractivity contribution >= 4 is 12.4 Å². The van der Waals surface area contributed by atoms with Crippen LogP contribution in [0.15, 0.2) is 54.6 Å². The zero-order valence-electron chi connectivity index (χ0n) is 12.8. The molecule has 0 amide bonds. The van der Waals surface area contributed by atoms with Gasteiger partial charge in [0.15, 0.2) is 0 Å². The van der Waals surface area contributed by atoms with Crippen molar-refractivity contribution in [2.24, 2.45) is 0 Å². The van der Waals surface area contributed by atoms with Crippen molar-refractivity contribution < 1.29 is 23.0 Å². The second-order valence-corrected chi connectivity index (χ2v) is 5.11. The first kappa shape index (κ1) is 20.3. The highest BCUT2D eigenvalue weighted by molar-refractivity contribution is 5.85. The van der Waals surface area contributed by atoms with Gasteiger partial charge in [0.1, 0.15) is 18.5 Å². The van der Waals surface area contributed by atoms with Crippen molar-refractivity contribution in [3.05, 3.63) is 65.7 Å². The highest BCUT2D eigenvalue weighted by atomic mass is 35.5. The molecule has 0 aromatic heterocycles. The van der Waals surface area contributed by atoms with Gasteiger partial charge in [0, 0.05) is 13.1 Å². The predicted octanol–water partition coefficient (Wildman–Crippen LogP) is 3.66. The van der Waals surface area contributed by atoms with Gasteiger partial charge in [-0.1, -0.05) is 36.4 Å². The molecule has 0 bridgehead atoms. The Hall–Kier alpha value is -1.76. The van der Waals surface area contributed by atoms with Crippen LogP contribution >= 0.6 is 12.4 Å².